The van der Waals surface area contributed by atoms with E-state index in [-0.39, 0.29) is 0 Å². The molecule has 0 aliphatic carbocycles. The summed E-state index contributed by atoms with van der Waals surface area (Å²) in [6.07, 6.45) is 5.35. The maximum Gasteiger partial charge on any atom is 0.134 e. The smallest absolute Gasteiger partial charge is 0.134 e. The zero-order valence-corrected chi connectivity index (χ0v) is 13.2. The molecule has 1 aromatic carbocycles. The summed E-state index contributed by atoms with van der Waals surface area (Å²) < 4.78 is 6.16. The number of para-hydroxylation sites is 1. The molecule has 3 rings (SSSR count). The van der Waals surface area contributed by atoms with Crippen LogP contribution in [0.3, 0.4) is 0 Å². The molecule has 0 spiro atoms. The second-order valence-corrected chi connectivity index (χ2v) is 6.20. The van der Waals surface area contributed by atoms with Gasteiger partial charge in [-0.25, -0.2) is 0 Å². The molecule has 1 aromatic heterocycles. The summed E-state index contributed by atoms with van der Waals surface area (Å²) in [6, 6.07) is 9.04. The van der Waals surface area contributed by atoms with Crippen LogP contribution >= 0.6 is 0 Å². The second-order valence-electron chi connectivity index (χ2n) is 6.20. The van der Waals surface area contributed by atoms with Crippen molar-refractivity contribution in [2.45, 2.75) is 51.7 Å². The largest absolute Gasteiger partial charge is 0.459 e. The molecule has 2 heterocycles. The zero-order chi connectivity index (χ0) is 14.7. The molecule has 1 N–H and O–H groups in total. The molecule has 1 saturated heterocycles. The highest BCUT2D eigenvalue weighted by atomic mass is 16.3. The SMILES string of the molecule is CNCc1c(CN2CCCCCC2C)oc2ccccc12. The third-order valence-electron chi connectivity index (χ3n) is 4.67. The highest BCUT2D eigenvalue weighted by Gasteiger charge is 2.21. The Morgan fingerprint density at radius 2 is 2.10 bits per heavy atom. The quantitative estimate of drug-likeness (QED) is 0.923. The van der Waals surface area contributed by atoms with Crippen molar-refractivity contribution < 1.29 is 4.42 Å². The third kappa shape index (κ3) is 3.14. The van der Waals surface area contributed by atoms with Crippen molar-refractivity contribution in [3.05, 3.63) is 35.6 Å². The number of furan rings is 1. The van der Waals surface area contributed by atoms with Crippen molar-refractivity contribution in [2.75, 3.05) is 13.6 Å². The molecular weight excluding hydrogens is 260 g/mol. The van der Waals surface area contributed by atoms with Gasteiger partial charge in [-0.05, 0) is 39.4 Å². The van der Waals surface area contributed by atoms with Crippen molar-refractivity contribution in [1.29, 1.82) is 0 Å². The van der Waals surface area contributed by atoms with Gasteiger partial charge >= 0.3 is 0 Å². The topological polar surface area (TPSA) is 28.4 Å². The molecule has 0 saturated carbocycles. The van der Waals surface area contributed by atoms with E-state index in [0.717, 1.165) is 24.4 Å². The first-order valence-corrected chi connectivity index (χ1v) is 8.17. The van der Waals surface area contributed by atoms with Crippen molar-refractivity contribution in [3.63, 3.8) is 0 Å². The van der Waals surface area contributed by atoms with Gasteiger partial charge in [0.15, 0.2) is 0 Å². The minimum Gasteiger partial charge on any atom is -0.459 e. The van der Waals surface area contributed by atoms with E-state index < -0.39 is 0 Å². The zero-order valence-electron chi connectivity index (χ0n) is 13.2. The fourth-order valence-electron chi connectivity index (χ4n) is 3.40. The maximum atomic E-state index is 6.16. The minimum absolute atomic E-state index is 0.656. The lowest BCUT2D eigenvalue weighted by atomic mass is 10.1. The van der Waals surface area contributed by atoms with Gasteiger partial charge in [0, 0.05) is 23.5 Å². The molecule has 1 unspecified atom stereocenters. The number of fused-ring (bicyclic) bond motifs is 1. The lowest BCUT2D eigenvalue weighted by molar-refractivity contribution is 0.190. The van der Waals surface area contributed by atoms with E-state index in [9.17, 15) is 0 Å². The van der Waals surface area contributed by atoms with E-state index in [1.807, 2.05) is 13.1 Å². The summed E-state index contributed by atoms with van der Waals surface area (Å²) in [5.74, 6) is 1.14. The van der Waals surface area contributed by atoms with E-state index in [0.29, 0.717) is 6.04 Å². The van der Waals surface area contributed by atoms with Gasteiger partial charge in [-0.15, -0.1) is 0 Å². The van der Waals surface area contributed by atoms with Gasteiger partial charge in [0.25, 0.3) is 0 Å². The fourth-order valence-corrected chi connectivity index (χ4v) is 3.40. The van der Waals surface area contributed by atoms with Crippen LogP contribution in [-0.2, 0) is 13.1 Å². The number of nitrogens with one attached hydrogen (secondary N) is 1. The van der Waals surface area contributed by atoms with Gasteiger partial charge in [0.05, 0.1) is 6.54 Å². The number of benzene rings is 1. The molecule has 21 heavy (non-hydrogen) atoms. The Bertz CT molecular complexity index is 590. The average Bonchev–Trinajstić information content (AvgIpc) is 2.70. The molecule has 114 valence electrons. The van der Waals surface area contributed by atoms with Crippen molar-refractivity contribution in [1.82, 2.24) is 10.2 Å². The second kappa shape index (κ2) is 6.63. The summed E-state index contributed by atoms with van der Waals surface area (Å²) in [4.78, 5) is 2.59. The molecule has 1 atom stereocenters. The highest BCUT2D eigenvalue weighted by molar-refractivity contribution is 5.82. The molecule has 0 bridgehead atoms. The normalized spacial score (nSPS) is 20.8. The molecule has 1 aliphatic rings. The van der Waals surface area contributed by atoms with Crippen LogP contribution in [-0.4, -0.2) is 24.5 Å². The minimum atomic E-state index is 0.656. The summed E-state index contributed by atoms with van der Waals surface area (Å²) in [6.45, 7) is 5.35. The van der Waals surface area contributed by atoms with Crippen molar-refractivity contribution >= 4 is 11.0 Å². The molecule has 3 heteroatoms. The van der Waals surface area contributed by atoms with Crippen LogP contribution in [0.2, 0.25) is 0 Å². The van der Waals surface area contributed by atoms with E-state index >= 15 is 0 Å². The number of likely N-dealkylation sites (tertiary alicyclic amines) is 1. The Labute approximate surface area is 127 Å². The van der Waals surface area contributed by atoms with Gasteiger partial charge < -0.3 is 9.73 Å². The summed E-state index contributed by atoms with van der Waals surface area (Å²) in [5.41, 5.74) is 2.34. The van der Waals surface area contributed by atoms with Crippen molar-refractivity contribution in [2.24, 2.45) is 0 Å². The van der Waals surface area contributed by atoms with Gasteiger partial charge in [0.1, 0.15) is 11.3 Å². The molecule has 2 aromatic rings. The van der Waals surface area contributed by atoms with E-state index in [1.54, 1.807) is 0 Å². The molecule has 1 aliphatic heterocycles. The predicted molar refractivity (Wildman–Crippen MR) is 87.3 cm³/mol. The lowest BCUT2D eigenvalue weighted by Gasteiger charge is -2.26. The lowest BCUT2D eigenvalue weighted by Crippen LogP contribution is -2.32. The molecular formula is C18H26N2O. The van der Waals surface area contributed by atoms with Gasteiger partial charge in [-0.1, -0.05) is 31.0 Å². The number of rotatable bonds is 4. The van der Waals surface area contributed by atoms with Crippen LogP contribution in [0, 0.1) is 0 Å². The Hall–Kier alpha value is -1.32. The Kier molecular flexibility index (Phi) is 4.61. The molecule has 3 nitrogen and oxygen atoms in total. The van der Waals surface area contributed by atoms with Crippen LogP contribution in [0.5, 0.6) is 0 Å². The summed E-state index contributed by atoms with van der Waals surface area (Å²) in [5, 5.41) is 4.54. The van der Waals surface area contributed by atoms with Gasteiger partial charge in [-0.3, -0.25) is 4.90 Å². The first kappa shape index (κ1) is 14.6. The Morgan fingerprint density at radius 1 is 1.24 bits per heavy atom. The predicted octanol–water partition coefficient (Wildman–Crippen LogP) is 3.92. The van der Waals surface area contributed by atoms with E-state index in [1.165, 1.54) is 43.2 Å². The standard InChI is InChI=1S/C18H26N2O/c1-14-8-4-3-7-11-20(14)13-18-16(12-19-2)15-9-5-6-10-17(15)21-18/h5-6,9-10,14,19H,3-4,7-8,11-13H2,1-2H3. The monoisotopic (exact) mass is 286 g/mol. The van der Waals surface area contributed by atoms with Crippen LogP contribution in [0.15, 0.2) is 28.7 Å². The van der Waals surface area contributed by atoms with Crippen LogP contribution in [0.25, 0.3) is 11.0 Å². The maximum absolute atomic E-state index is 6.16. The van der Waals surface area contributed by atoms with Crippen LogP contribution in [0.4, 0.5) is 0 Å². The third-order valence-corrected chi connectivity index (χ3v) is 4.67. The number of nitrogens with zero attached hydrogens (tertiary/aromatic N) is 1. The molecule has 0 amide bonds. The highest BCUT2D eigenvalue weighted by Crippen LogP contribution is 2.28. The van der Waals surface area contributed by atoms with E-state index in [4.69, 9.17) is 4.42 Å². The number of hydrogen-bond acceptors (Lipinski definition) is 3. The van der Waals surface area contributed by atoms with Crippen molar-refractivity contribution in [3.8, 4) is 0 Å². The molecule has 1 fully saturated rings. The summed E-state index contributed by atoms with van der Waals surface area (Å²) >= 11 is 0. The van der Waals surface area contributed by atoms with Gasteiger partial charge in [-0.2, -0.15) is 0 Å². The van der Waals surface area contributed by atoms with E-state index in [2.05, 4.69) is 35.3 Å². The number of hydrogen-bond donors (Lipinski definition) is 1. The first-order chi connectivity index (χ1) is 10.3. The fraction of sp³-hybridized carbons (Fsp3) is 0.556. The Balaban J connectivity index is 1.89. The average molecular weight is 286 g/mol. The summed E-state index contributed by atoms with van der Waals surface area (Å²) in [7, 11) is 2.00. The van der Waals surface area contributed by atoms with Crippen LogP contribution in [0.1, 0.15) is 43.9 Å². The Morgan fingerprint density at radius 3 is 2.95 bits per heavy atom. The van der Waals surface area contributed by atoms with Gasteiger partial charge in [0.2, 0.25) is 0 Å². The first-order valence-electron chi connectivity index (χ1n) is 8.17. The van der Waals surface area contributed by atoms with Crippen LogP contribution < -0.4 is 5.32 Å². The molecule has 0 radical (unpaired) electrons.